The van der Waals surface area contributed by atoms with Crippen LogP contribution in [0.3, 0.4) is 0 Å². The molecule has 112 valence electrons. The van der Waals surface area contributed by atoms with Crippen LogP contribution in [-0.4, -0.2) is 13.7 Å². The monoisotopic (exact) mass is 355 g/mol. The third kappa shape index (κ3) is 4.02. The highest BCUT2D eigenvalue weighted by molar-refractivity contribution is 9.10. The lowest BCUT2D eigenvalue weighted by molar-refractivity contribution is 0.409. The van der Waals surface area contributed by atoms with Crippen molar-refractivity contribution in [1.82, 2.24) is 5.32 Å². The molecule has 0 spiro atoms. The van der Waals surface area contributed by atoms with E-state index < -0.39 is 11.6 Å². The summed E-state index contributed by atoms with van der Waals surface area (Å²) in [4.78, 5) is 0. The number of para-hydroxylation sites is 1. The molecule has 5 heteroatoms. The van der Waals surface area contributed by atoms with Gasteiger partial charge in [0.1, 0.15) is 17.4 Å². The quantitative estimate of drug-likeness (QED) is 0.622. The maximum absolute atomic E-state index is 13.8. The molecule has 2 aromatic rings. The van der Waals surface area contributed by atoms with Crippen LogP contribution in [0.2, 0.25) is 0 Å². The Morgan fingerprint density at radius 2 is 1.90 bits per heavy atom. The van der Waals surface area contributed by atoms with Gasteiger partial charge in [-0.3, -0.25) is 0 Å². The van der Waals surface area contributed by atoms with E-state index in [4.69, 9.17) is 4.74 Å². The van der Waals surface area contributed by atoms with Crippen LogP contribution in [0.15, 0.2) is 40.9 Å². The van der Waals surface area contributed by atoms with Crippen LogP contribution in [0.5, 0.6) is 5.75 Å². The normalized spacial score (nSPS) is 10.7. The summed E-state index contributed by atoms with van der Waals surface area (Å²) < 4.78 is 32.9. The second-order valence-electron chi connectivity index (χ2n) is 4.56. The largest absolute Gasteiger partial charge is 0.496 e. The Labute approximate surface area is 131 Å². The van der Waals surface area contributed by atoms with Gasteiger partial charge in [0.05, 0.1) is 11.6 Å². The SMILES string of the molecule is COc1ccccc1CCNCc1c(F)ccc(Br)c1F. The van der Waals surface area contributed by atoms with Gasteiger partial charge in [0.15, 0.2) is 0 Å². The molecule has 0 saturated heterocycles. The minimum atomic E-state index is -0.556. The Hall–Kier alpha value is -1.46. The van der Waals surface area contributed by atoms with E-state index in [1.54, 1.807) is 7.11 Å². The zero-order valence-electron chi connectivity index (χ0n) is 11.6. The molecule has 0 aliphatic heterocycles. The molecule has 0 aromatic heterocycles. The lowest BCUT2D eigenvalue weighted by Crippen LogP contribution is -2.18. The zero-order chi connectivity index (χ0) is 15.2. The topological polar surface area (TPSA) is 21.3 Å². The van der Waals surface area contributed by atoms with Crippen LogP contribution in [0, 0.1) is 11.6 Å². The van der Waals surface area contributed by atoms with E-state index >= 15 is 0 Å². The summed E-state index contributed by atoms with van der Waals surface area (Å²) in [5, 5.41) is 3.05. The maximum Gasteiger partial charge on any atom is 0.144 e. The van der Waals surface area contributed by atoms with E-state index in [2.05, 4.69) is 21.2 Å². The molecule has 0 unspecified atom stereocenters. The van der Waals surface area contributed by atoms with Crippen molar-refractivity contribution in [3.8, 4) is 5.75 Å². The summed E-state index contributed by atoms with van der Waals surface area (Å²) in [6.45, 7) is 0.748. The van der Waals surface area contributed by atoms with Gasteiger partial charge in [0.2, 0.25) is 0 Å². The van der Waals surface area contributed by atoms with Crippen LogP contribution in [0.1, 0.15) is 11.1 Å². The van der Waals surface area contributed by atoms with Gasteiger partial charge in [0.25, 0.3) is 0 Å². The van der Waals surface area contributed by atoms with E-state index in [9.17, 15) is 8.78 Å². The third-order valence-corrected chi connectivity index (χ3v) is 3.82. The molecule has 0 aliphatic rings. The fourth-order valence-corrected chi connectivity index (χ4v) is 2.45. The van der Waals surface area contributed by atoms with Crippen molar-refractivity contribution < 1.29 is 13.5 Å². The van der Waals surface area contributed by atoms with Crippen molar-refractivity contribution in [2.75, 3.05) is 13.7 Å². The van der Waals surface area contributed by atoms with Crippen LogP contribution >= 0.6 is 15.9 Å². The number of benzene rings is 2. The van der Waals surface area contributed by atoms with Crippen molar-refractivity contribution in [2.24, 2.45) is 0 Å². The van der Waals surface area contributed by atoms with Gasteiger partial charge in [-0.1, -0.05) is 18.2 Å². The van der Waals surface area contributed by atoms with E-state index in [1.165, 1.54) is 12.1 Å². The number of halogens is 3. The molecule has 0 fully saturated rings. The lowest BCUT2D eigenvalue weighted by atomic mass is 10.1. The predicted molar refractivity (Wildman–Crippen MR) is 82.5 cm³/mol. The summed E-state index contributed by atoms with van der Waals surface area (Å²) in [7, 11) is 1.62. The van der Waals surface area contributed by atoms with Crippen LogP contribution in [0.25, 0.3) is 0 Å². The minimum absolute atomic E-state index is 0.0457. The van der Waals surface area contributed by atoms with Gasteiger partial charge in [-0.25, -0.2) is 8.78 Å². The zero-order valence-corrected chi connectivity index (χ0v) is 13.2. The second kappa shape index (κ2) is 7.52. The third-order valence-electron chi connectivity index (χ3n) is 3.20. The first kappa shape index (κ1) is 15.9. The Morgan fingerprint density at radius 3 is 2.67 bits per heavy atom. The molecule has 0 atom stereocenters. The number of rotatable bonds is 6. The Morgan fingerprint density at radius 1 is 1.14 bits per heavy atom. The number of ether oxygens (including phenoxy) is 1. The van der Waals surface area contributed by atoms with E-state index in [-0.39, 0.29) is 16.6 Å². The van der Waals surface area contributed by atoms with Crippen LogP contribution < -0.4 is 10.1 Å². The molecular weight excluding hydrogens is 340 g/mol. The van der Waals surface area contributed by atoms with Crippen LogP contribution in [-0.2, 0) is 13.0 Å². The molecule has 2 rings (SSSR count). The summed E-state index contributed by atoms with van der Waals surface area (Å²) in [6, 6.07) is 10.3. The van der Waals surface area contributed by atoms with Crippen molar-refractivity contribution in [3.63, 3.8) is 0 Å². The van der Waals surface area contributed by atoms with E-state index in [0.717, 1.165) is 17.7 Å². The molecule has 0 heterocycles. The maximum atomic E-state index is 13.8. The fraction of sp³-hybridized carbons (Fsp3) is 0.250. The lowest BCUT2D eigenvalue weighted by Gasteiger charge is -2.10. The smallest absolute Gasteiger partial charge is 0.144 e. The van der Waals surface area contributed by atoms with Gasteiger partial charge < -0.3 is 10.1 Å². The number of hydrogen-bond donors (Lipinski definition) is 1. The van der Waals surface area contributed by atoms with Crippen LogP contribution in [0.4, 0.5) is 8.78 Å². The molecule has 21 heavy (non-hydrogen) atoms. The molecule has 0 aliphatic carbocycles. The van der Waals surface area contributed by atoms with E-state index in [1.807, 2.05) is 24.3 Å². The average molecular weight is 356 g/mol. The van der Waals surface area contributed by atoms with Crippen molar-refractivity contribution in [1.29, 1.82) is 0 Å². The van der Waals surface area contributed by atoms with Crippen molar-refractivity contribution in [2.45, 2.75) is 13.0 Å². The number of hydrogen-bond acceptors (Lipinski definition) is 2. The summed E-state index contributed by atoms with van der Waals surface area (Å²) in [6.07, 6.45) is 0.723. The second-order valence-corrected chi connectivity index (χ2v) is 5.41. The van der Waals surface area contributed by atoms with Crippen molar-refractivity contribution in [3.05, 3.63) is 63.6 Å². The highest BCUT2D eigenvalue weighted by Crippen LogP contribution is 2.21. The highest BCUT2D eigenvalue weighted by atomic mass is 79.9. The summed E-state index contributed by atoms with van der Waals surface area (Å²) >= 11 is 3.06. The molecule has 1 N–H and O–H groups in total. The molecule has 0 bridgehead atoms. The first-order valence-corrected chi connectivity index (χ1v) is 7.37. The molecule has 2 nitrogen and oxygen atoms in total. The number of nitrogens with one attached hydrogen (secondary N) is 1. The van der Waals surface area contributed by atoms with Gasteiger partial charge in [0, 0.05) is 12.1 Å². The standard InChI is InChI=1S/C16H16BrF2NO/c1-21-15-5-3-2-4-11(15)8-9-20-10-12-14(18)7-6-13(17)16(12)19/h2-7,20H,8-10H2,1H3. The average Bonchev–Trinajstić information content (AvgIpc) is 2.50. The number of methoxy groups -OCH3 is 1. The molecule has 0 radical (unpaired) electrons. The first-order chi connectivity index (χ1) is 10.1. The van der Waals surface area contributed by atoms with Gasteiger partial charge in [-0.15, -0.1) is 0 Å². The minimum Gasteiger partial charge on any atom is -0.496 e. The Kier molecular flexibility index (Phi) is 5.70. The molecule has 2 aromatic carbocycles. The summed E-state index contributed by atoms with van der Waals surface area (Å²) in [5.74, 6) is -0.278. The molecular formula is C16H16BrF2NO. The highest BCUT2D eigenvalue weighted by Gasteiger charge is 2.11. The van der Waals surface area contributed by atoms with Crippen molar-refractivity contribution >= 4 is 15.9 Å². The Bertz CT molecular complexity index is 619. The molecule has 0 amide bonds. The Balaban J connectivity index is 1.92. The first-order valence-electron chi connectivity index (χ1n) is 6.58. The fourth-order valence-electron chi connectivity index (χ4n) is 2.08. The molecule has 0 saturated carbocycles. The van der Waals surface area contributed by atoms with Gasteiger partial charge in [-0.05, 0) is 52.7 Å². The van der Waals surface area contributed by atoms with Gasteiger partial charge >= 0.3 is 0 Å². The summed E-state index contributed by atoms with van der Waals surface area (Å²) in [5.41, 5.74) is 1.10. The van der Waals surface area contributed by atoms with Gasteiger partial charge in [-0.2, -0.15) is 0 Å². The van der Waals surface area contributed by atoms with E-state index in [0.29, 0.717) is 6.54 Å². The predicted octanol–water partition coefficient (Wildman–Crippen LogP) is 4.07.